The van der Waals surface area contributed by atoms with Gasteiger partial charge in [-0.25, -0.2) is 4.79 Å². The number of likely N-dealkylation sites (N-methyl/N-ethyl adjacent to an activating group) is 1. The van der Waals surface area contributed by atoms with Gasteiger partial charge in [0.2, 0.25) is 0 Å². The molecule has 3 aromatic rings. The van der Waals surface area contributed by atoms with E-state index in [0.29, 0.717) is 35.1 Å². The van der Waals surface area contributed by atoms with E-state index in [1.165, 1.54) is 4.90 Å². The lowest BCUT2D eigenvalue weighted by Gasteiger charge is -2.38. The molecule has 0 spiro atoms. The molecule has 0 bridgehead atoms. The van der Waals surface area contributed by atoms with E-state index in [-0.39, 0.29) is 5.91 Å². The number of esters is 1. The van der Waals surface area contributed by atoms with Crippen molar-refractivity contribution in [1.29, 1.82) is 5.26 Å². The van der Waals surface area contributed by atoms with Crippen LogP contribution in [0.1, 0.15) is 42.5 Å². The maximum atomic E-state index is 12.6. The fraction of sp³-hybridized carbons (Fsp3) is 0.333. The molecule has 1 aliphatic carbocycles. The molecule has 1 fully saturated rings. The summed E-state index contributed by atoms with van der Waals surface area (Å²) in [6, 6.07) is 16.7. The summed E-state index contributed by atoms with van der Waals surface area (Å²) in [6.45, 7) is -0.411. The fourth-order valence-corrected chi connectivity index (χ4v) is 4.07. The molecule has 1 aliphatic rings. The highest BCUT2D eigenvalue weighted by molar-refractivity contribution is 5.99. The molecule has 4 rings (SSSR count). The molecule has 1 amide bonds. The minimum atomic E-state index is -0.812. The first-order valence-corrected chi connectivity index (χ1v) is 10.3. The lowest BCUT2D eigenvalue weighted by atomic mass is 9.81. The Balaban J connectivity index is 1.47. The summed E-state index contributed by atoms with van der Waals surface area (Å²) < 4.78 is 10.7. The highest BCUT2D eigenvalue weighted by Crippen LogP contribution is 2.32. The van der Waals surface area contributed by atoms with Crippen molar-refractivity contribution in [3.8, 4) is 17.4 Å². The minimum Gasteiger partial charge on any atom is -0.452 e. The standard InChI is InChI=1S/C24H23N3O4/c1-27(24(16-25)12-6-3-7-13-24)21(28)15-30-23(29)18-10-11-20-19(14-18)22(31-26-20)17-8-4-2-5-9-17/h2,4-5,8-11,14H,3,6-7,12-13,15H2,1H3. The maximum absolute atomic E-state index is 12.6. The number of ether oxygens (including phenoxy) is 1. The van der Waals surface area contributed by atoms with Crippen LogP contribution in [-0.2, 0) is 9.53 Å². The van der Waals surface area contributed by atoms with Gasteiger partial charge < -0.3 is 14.2 Å². The summed E-state index contributed by atoms with van der Waals surface area (Å²) in [4.78, 5) is 26.7. The van der Waals surface area contributed by atoms with Crippen molar-refractivity contribution in [1.82, 2.24) is 10.1 Å². The van der Waals surface area contributed by atoms with Crippen LogP contribution in [0.2, 0.25) is 0 Å². The number of benzene rings is 2. The van der Waals surface area contributed by atoms with Gasteiger partial charge in [-0.15, -0.1) is 0 Å². The second kappa shape index (κ2) is 8.60. The number of nitriles is 1. The lowest BCUT2D eigenvalue weighted by molar-refractivity contribution is -0.138. The van der Waals surface area contributed by atoms with E-state index in [1.807, 2.05) is 30.3 Å². The molecule has 158 valence electrons. The molecule has 0 saturated heterocycles. The summed E-state index contributed by atoms with van der Waals surface area (Å²) in [5.41, 5.74) is 0.963. The minimum absolute atomic E-state index is 0.302. The van der Waals surface area contributed by atoms with Gasteiger partial charge in [0, 0.05) is 12.6 Å². The van der Waals surface area contributed by atoms with Crippen molar-refractivity contribution in [3.63, 3.8) is 0 Å². The number of fused-ring (bicyclic) bond motifs is 1. The van der Waals surface area contributed by atoms with Crippen LogP contribution in [0, 0.1) is 11.3 Å². The van der Waals surface area contributed by atoms with E-state index in [0.717, 1.165) is 24.8 Å². The van der Waals surface area contributed by atoms with E-state index < -0.39 is 18.1 Å². The van der Waals surface area contributed by atoms with Gasteiger partial charge in [-0.2, -0.15) is 5.26 Å². The van der Waals surface area contributed by atoms with Gasteiger partial charge in [0.1, 0.15) is 11.1 Å². The first-order valence-electron chi connectivity index (χ1n) is 10.3. The number of carbonyl (C=O) groups is 2. The predicted octanol–water partition coefficient (Wildman–Crippen LogP) is 4.34. The van der Waals surface area contributed by atoms with Crippen LogP contribution >= 0.6 is 0 Å². The third-order valence-electron chi connectivity index (χ3n) is 5.98. The Bertz CT molecular complexity index is 1140. The first kappa shape index (κ1) is 20.6. The Labute approximate surface area is 180 Å². The van der Waals surface area contributed by atoms with Crippen LogP contribution in [0.15, 0.2) is 53.1 Å². The number of rotatable bonds is 5. The van der Waals surface area contributed by atoms with E-state index in [9.17, 15) is 14.9 Å². The van der Waals surface area contributed by atoms with Crippen molar-refractivity contribution in [2.24, 2.45) is 0 Å². The zero-order valence-corrected chi connectivity index (χ0v) is 17.3. The van der Waals surface area contributed by atoms with Gasteiger partial charge in [-0.1, -0.05) is 54.8 Å². The molecule has 7 heteroatoms. The zero-order valence-electron chi connectivity index (χ0n) is 17.3. The summed E-state index contributed by atoms with van der Waals surface area (Å²) >= 11 is 0. The molecule has 2 aromatic carbocycles. The number of carbonyl (C=O) groups excluding carboxylic acids is 2. The summed E-state index contributed by atoms with van der Waals surface area (Å²) in [7, 11) is 1.61. The molecular formula is C24H23N3O4. The van der Waals surface area contributed by atoms with Gasteiger partial charge in [-0.05, 0) is 31.0 Å². The van der Waals surface area contributed by atoms with E-state index in [4.69, 9.17) is 9.26 Å². The number of nitrogens with zero attached hydrogens (tertiary/aromatic N) is 3. The van der Waals surface area contributed by atoms with Gasteiger partial charge in [0.15, 0.2) is 12.4 Å². The predicted molar refractivity (Wildman–Crippen MR) is 114 cm³/mol. The average molecular weight is 417 g/mol. The van der Waals surface area contributed by atoms with E-state index in [1.54, 1.807) is 25.2 Å². The summed E-state index contributed by atoms with van der Waals surface area (Å²) in [5, 5.41) is 14.4. The van der Waals surface area contributed by atoms with Crippen LogP contribution in [-0.4, -0.2) is 41.1 Å². The van der Waals surface area contributed by atoms with Crippen LogP contribution < -0.4 is 0 Å². The van der Waals surface area contributed by atoms with Crippen molar-refractivity contribution in [2.75, 3.05) is 13.7 Å². The Morgan fingerprint density at radius 2 is 1.90 bits per heavy atom. The molecule has 1 heterocycles. The van der Waals surface area contributed by atoms with Crippen LogP contribution in [0.3, 0.4) is 0 Å². The maximum Gasteiger partial charge on any atom is 0.338 e. The Hall–Kier alpha value is -3.66. The fourth-order valence-electron chi connectivity index (χ4n) is 4.07. The molecule has 7 nitrogen and oxygen atoms in total. The summed E-state index contributed by atoms with van der Waals surface area (Å²) in [6.07, 6.45) is 4.18. The monoisotopic (exact) mass is 417 g/mol. The van der Waals surface area contributed by atoms with Crippen molar-refractivity contribution >= 4 is 22.8 Å². The largest absolute Gasteiger partial charge is 0.452 e. The number of hydrogen-bond acceptors (Lipinski definition) is 6. The van der Waals surface area contributed by atoms with Crippen LogP contribution in [0.4, 0.5) is 0 Å². The molecule has 1 saturated carbocycles. The van der Waals surface area contributed by atoms with E-state index >= 15 is 0 Å². The Morgan fingerprint density at radius 1 is 1.16 bits per heavy atom. The third kappa shape index (κ3) is 4.02. The van der Waals surface area contributed by atoms with Gasteiger partial charge >= 0.3 is 5.97 Å². The van der Waals surface area contributed by atoms with Gasteiger partial charge in [0.25, 0.3) is 5.91 Å². The highest BCUT2D eigenvalue weighted by Gasteiger charge is 2.39. The topological polar surface area (TPSA) is 96.4 Å². The second-order valence-corrected chi connectivity index (χ2v) is 7.84. The number of hydrogen-bond donors (Lipinski definition) is 0. The first-order chi connectivity index (χ1) is 15.0. The lowest BCUT2D eigenvalue weighted by Crippen LogP contribution is -2.51. The molecule has 31 heavy (non-hydrogen) atoms. The molecule has 0 aliphatic heterocycles. The SMILES string of the molecule is CN(C(=O)COC(=O)c1ccc2noc(-c3ccccc3)c2c1)C1(C#N)CCCCC1. The Morgan fingerprint density at radius 3 is 2.61 bits per heavy atom. The van der Waals surface area contributed by atoms with Crippen molar-refractivity contribution in [2.45, 2.75) is 37.6 Å². The summed E-state index contributed by atoms with van der Waals surface area (Å²) in [5.74, 6) is -0.430. The van der Waals surface area contributed by atoms with Gasteiger partial charge in [-0.3, -0.25) is 4.79 Å². The second-order valence-electron chi connectivity index (χ2n) is 7.84. The van der Waals surface area contributed by atoms with Crippen LogP contribution in [0.25, 0.3) is 22.2 Å². The normalized spacial score (nSPS) is 15.2. The molecule has 0 unspecified atom stereocenters. The van der Waals surface area contributed by atoms with Crippen LogP contribution in [0.5, 0.6) is 0 Å². The zero-order chi connectivity index (χ0) is 21.8. The number of aromatic nitrogens is 1. The molecule has 0 atom stereocenters. The van der Waals surface area contributed by atoms with Gasteiger partial charge in [0.05, 0.1) is 17.0 Å². The quantitative estimate of drug-likeness (QED) is 0.573. The third-order valence-corrected chi connectivity index (χ3v) is 5.98. The average Bonchev–Trinajstić information content (AvgIpc) is 3.26. The molecular weight excluding hydrogens is 394 g/mol. The smallest absolute Gasteiger partial charge is 0.338 e. The van der Waals surface area contributed by atoms with Crippen molar-refractivity contribution < 1.29 is 18.8 Å². The highest BCUT2D eigenvalue weighted by atomic mass is 16.5. The molecule has 0 radical (unpaired) electrons. The van der Waals surface area contributed by atoms with Crippen molar-refractivity contribution in [3.05, 3.63) is 54.1 Å². The Kier molecular flexibility index (Phi) is 5.72. The molecule has 0 N–H and O–H groups in total. The molecule has 1 aromatic heterocycles. The number of amides is 1. The van der Waals surface area contributed by atoms with E-state index in [2.05, 4.69) is 11.2 Å².